The maximum Gasteiger partial charge on any atom is 0.0441 e. The van der Waals surface area contributed by atoms with E-state index in [1.807, 2.05) is 22.7 Å². The zero-order valence-electron chi connectivity index (χ0n) is 18.2. The van der Waals surface area contributed by atoms with Crippen LogP contribution in [0.4, 0.5) is 0 Å². The maximum absolute atomic E-state index is 2.39. The highest BCUT2D eigenvalue weighted by molar-refractivity contribution is 7.27. The summed E-state index contributed by atoms with van der Waals surface area (Å²) in [4.78, 5) is 0. The second-order valence-electron chi connectivity index (χ2n) is 8.90. The van der Waals surface area contributed by atoms with E-state index in [1.54, 1.807) is 0 Å². The lowest BCUT2D eigenvalue weighted by molar-refractivity contribution is 1.78. The monoisotopic (exact) mass is 466 g/mol. The first-order valence-electron chi connectivity index (χ1n) is 11.5. The van der Waals surface area contributed by atoms with Gasteiger partial charge in [0.2, 0.25) is 0 Å². The molecular weight excluding hydrogens is 448 g/mol. The van der Waals surface area contributed by atoms with Gasteiger partial charge in [-0.3, -0.25) is 0 Å². The maximum atomic E-state index is 2.39. The van der Waals surface area contributed by atoms with Crippen LogP contribution in [0.5, 0.6) is 0 Å². The van der Waals surface area contributed by atoms with Gasteiger partial charge in [-0.2, -0.15) is 0 Å². The van der Waals surface area contributed by atoms with E-state index < -0.39 is 0 Å². The molecule has 2 aromatic heterocycles. The molecule has 158 valence electrons. The van der Waals surface area contributed by atoms with Gasteiger partial charge in [-0.25, -0.2) is 0 Å². The Morgan fingerprint density at radius 1 is 0.353 bits per heavy atom. The minimum absolute atomic E-state index is 1.30. The molecule has 6 aromatic carbocycles. The van der Waals surface area contributed by atoms with Crippen LogP contribution in [-0.2, 0) is 0 Å². The highest BCUT2D eigenvalue weighted by atomic mass is 32.1. The zero-order valence-corrected chi connectivity index (χ0v) is 19.8. The molecule has 0 aliphatic rings. The van der Waals surface area contributed by atoms with Gasteiger partial charge in [0.05, 0.1) is 0 Å². The van der Waals surface area contributed by atoms with E-state index in [0.717, 1.165) is 0 Å². The Bertz CT molecular complexity index is 1920. The van der Waals surface area contributed by atoms with Gasteiger partial charge in [0.1, 0.15) is 0 Å². The normalized spacial score (nSPS) is 12.1. The molecule has 8 aromatic rings. The van der Waals surface area contributed by atoms with Crippen LogP contribution < -0.4 is 0 Å². The van der Waals surface area contributed by atoms with Crippen LogP contribution in [-0.4, -0.2) is 0 Å². The third-order valence-corrected chi connectivity index (χ3v) is 9.44. The lowest BCUT2D eigenvalue weighted by atomic mass is 9.91. The summed E-state index contributed by atoms with van der Waals surface area (Å²) in [7, 11) is 0. The molecule has 2 heteroatoms. The quantitative estimate of drug-likeness (QED) is 0.226. The van der Waals surface area contributed by atoms with E-state index >= 15 is 0 Å². The van der Waals surface area contributed by atoms with Gasteiger partial charge >= 0.3 is 0 Å². The van der Waals surface area contributed by atoms with Gasteiger partial charge in [-0.15, -0.1) is 22.7 Å². The van der Waals surface area contributed by atoms with Gasteiger partial charge in [0, 0.05) is 51.5 Å². The van der Waals surface area contributed by atoms with Crippen molar-refractivity contribution in [1.82, 2.24) is 0 Å². The van der Waals surface area contributed by atoms with E-state index in [1.165, 1.54) is 73.0 Å². The Hall–Kier alpha value is -3.72. The molecule has 0 nitrogen and oxygen atoms in total. The van der Waals surface area contributed by atoms with Gasteiger partial charge in [-0.05, 0) is 45.8 Å². The summed E-state index contributed by atoms with van der Waals surface area (Å²) in [6.07, 6.45) is 0. The van der Waals surface area contributed by atoms with E-state index in [2.05, 4.69) is 109 Å². The van der Waals surface area contributed by atoms with Crippen molar-refractivity contribution >= 4 is 84.6 Å². The van der Waals surface area contributed by atoms with Crippen LogP contribution >= 0.6 is 22.7 Å². The summed E-state index contributed by atoms with van der Waals surface area (Å²) in [5, 5.41) is 10.7. The smallest absolute Gasteiger partial charge is 0.0441 e. The van der Waals surface area contributed by atoms with E-state index in [0.29, 0.717) is 0 Å². The van der Waals surface area contributed by atoms with Crippen molar-refractivity contribution in [3.63, 3.8) is 0 Å². The van der Waals surface area contributed by atoms with E-state index in [4.69, 9.17) is 0 Å². The molecule has 0 amide bonds. The predicted octanol–water partition coefficient (Wildman–Crippen LogP) is 10.4. The van der Waals surface area contributed by atoms with Crippen molar-refractivity contribution in [2.45, 2.75) is 0 Å². The van der Waals surface area contributed by atoms with Crippen LogP contribution in [0.2, 0.25) is 0 Å². The minimum atomic E-state index is 1.30. The number of rotatable bonds is 1. The van der Waals surface area contributed by atoms with Crippen LogP contribution in [0.1, 0.15) is 0 Å². The Labute approximate surface area is 204 Å². The standard InChI is InChI=1S/C32H18S2/c1-3-11-21-19(9-1)17-25-23-13-5-7-15-27(23)33-31(25)29(21)30-22-12-4-2-10-20(22)18-26-24-14-6-8-16-28(24)34-32(26)30/h1-18H. The molecule has 0 N–H and O–H groups in total. The number of hydrogen-bond donors (Lipinski definition) is 0. The molecule has 0 aliphatic heterocycles. The van der Waals surface area contributed by atoms with Crippen molar-refractivity contribution in [3.8, 4) is 11.1 Å². The van der Waals surface area contributed by atoms with Crippen molar-refractivity contribution in [3.05, 3.63) is 109 Å². The van der Waals surface area contributed by atoms with E-state index in [9.17, 15) is 0 Å². The fourth-order valence-electron chi connectivity index (χ4n) is 5.54. The SMILES string of the molecule is c1ccc2c(-c3c4ccccc4cc4c3sc3ccccc34)c3sc4ccccc4c3cc2c1. The Morgan fingerprint density at radius 2 is 0.735 bits per heavy atom. The van der Waals surface area contributed by atoms with Gasteiger partial charge < -0.3 is 0 Å². The van der Waals surface area contributed by atoms with Gasteiger partial charge in [0.15, 0.2) is 0 Å². The zero-order chi connectivity index (χ0) is 22.2. The van der Waals surface area contributed by atoms with E-state index in [-0.39, 0.29) is 0 Å². The second-order valence-corrected chi connectivity index (χ2v) is 11.0. The molecule has 0 saturated carbocycles. The summed E-state index contributed by atoms with van der Waals surface area (Å²) in [6, 6.07) is 40.2. The summed E-state index contributed by atoms with van der Waals surface area (Å²) in [5.41, 5.74) is 2.75. The fraction of sp³-hybridized carbons (Fsp3) is 0. The van der Waals surface area contributed by atoms with Crippen molar-refractivity contribution in [1.29, 1.82) is 0 Å². The summed E-state index contributed by atoms with van der Waals surface area (Å²) in [5.74, 6) is 0. The molecule has 0 saturated heterocycles. The lowest BCUT2D eigenvalue weighted by Gasteiger charge is -2.14. The highest BCUT2D eigenvalue weighted by Crippen LogP contribution is 2.50. The topological polar surface area (TPSA) is 0 Å². The van der Waals surface area contributed by atoms with Crippen LogP contribution in [0.3, 0.4) is 0 Å². The van der Waals surface area contributed by atoms with Gasteiger partial charge in [0.25, 0.3) is 0 Å². The molecule has 0 atom stereocenters. The fourth-order valence-corrected chi connectivity index (χ4v) is 8.04. The average Bonchev–Trinajstić information content (AvgIpc) is 3.44. The Kier molecular flexibility index (Phi) is 3.79. The summed E-state index contributed by atoms with van der Waals surface area (Å²) in [6.45, 7) is 0. The van der Waals surface area contributed by atoms with Crippen molar-refractivity contribution < 1.29 is 0 Å². The molecule has 2 heterocycles. The molecule has 34 heavy (non-hydrogen) atoms. The summed E-state index contributed by atoms with van der Waals surface area (Å²) < 4.78 is 5.47. The second kappa shape index (κ2) is 6.89. The average molecular weight is 467 g/mol. The first-order valence-corrected chi connectivity index (χ1v) is 13.2. The van der Waals surface area contributed by atoms with Crippen molar-refractivity contribution in [2.24, 2.45) is 0 Å². The largest absolute Gasteiger partial charge is 0.135 e. The van der Waals surface area contributed by atoms with Crippen LogP contribution in [0.15, 0.2) is 109 Å². The van der Waals surface area contributed by atoms with Gasteiger partial charge in [-0.1, -0.05) is 84.9 Å². The molecule has 8 rings (SSSR count). The molecule has 0 aliphatic carbocycles. The molecule has 0 spiro atoms. The first kappa shape index (κ1) is 18.7. The third-order valence-electron chi connectivity index (χ3n) is 7.03. The van der Waals surface area contributed by atoms with Crippen molar-refractivity contribution in [2.75, 3.05) is 0 Å². The molecule has 0 fully saturated rings. The minimum Gasteiger partial charge on any atom is -0.135 e. The Morgan fingerprint density at radius 3 is 1.21 bits per heavy atom. The molecule has 0 radical (unpaired) electrons. The first-order chi connectivity index (χ1) is 16.9. The molecule has 0 unspecified atom stereocenters. The predicted molar refractivity (Wildman–Crippen MR) is 153 cm³/mol. The van der Waals surface area contributed by atoms with Crippen LogP contribution in [0.25, 0.3) is 73.0 Å². The lowest BCUT2D eigenvalue weighted by Crippen LogP contribution is -1.86. The third kappa shape index (κ3) is 2.47. The number of benzene rings is 6. The number of fused-ring (bicyclic) bond motifs is 8. The molecular formula is C32H18S2. The summed E-state index contributed by atoms with van der Waals surface area (Å²) >= 11 is 3.85. The Balaban J connectivity index is 1.70. The highest BCUT2D eigenvalue weighted by Gasteiger charge is 2.20. The van der Waals surface area contributed by atoms with Crippen LogP contribution in [0, 0.1) is 0 Å². The molecule has 0 bridgehead atoms. The number of hydrogen-bond acceptors (Lipinski definition) is 2. The number of thiophene rings is 2.